The molecule has 0 aromatic carbocycles. The minimum absolute atomic E-state index is 0.784. The van der Waals surface area contributed by atoms with Crippen LogP contribution in [0.15, 0.2) is 10.1 Å². The maximum atomic E-state index is 10.3. The van der Waals surface area contributed by atoms with Gasteiger partial charge in [0.2, 0.25) is 0 Å². The van der Waals surface area contributed by atoms with Crippen molar-refractivity contribution in [3.05, 3.63) is 10.1 Å². The molecule has 1 rings (SSSR count). The smallest absolute Gasteiger partial charge is 0.156 e. The summed E-state index contributed by atoms with van der Waals surface area (Å²) < 4.78 is 0.784. The Morgan fingerprint density at radius 2 is 1.90 bits per heavy atom. The first kappa shape index (κ1) is 7.99. The maximum Gasteiger partial charge on any atom is 0.156 e. The lowest BCUT2D eigenvalue weighted by atomic mass is 9.95. The normalized spacial score (nSPS) is 18.7. The third-order valence-electron chi connectivity index (χ3n) is 1.90. The summed E-state index contributed by atoms with van der Waals surface area (Å²) in [5.74, 6) is 0. The van der Waals surface area contributed by atoms with E-state index >= 15 is 0 Å². The lowest BCUT2D eigenvalue weighted by Crippen LogP contribution is -1.95. The zero-order valence-corrected chi connectivity index (χ0v) is 7.49. The van der Waals surface area contributed by atoms with Gasteiger partial charge in [0.1, 0.15) is 0 Å². The summed E-state index contributed by atoms with van der Waals surface area (Å²) in [6.45, 7) is 0. The predicted octanol–water partition coefficient (Wildman–Crippen LogP) is 2.80. The van der Waals surface area contributed by atoms with E-state index in [1.807, 2.05) is 0 Å². The average molecular weight is 203 g/mol. The van der Waals surface area contributed by atoms with Crippen molar-refractivity contribution < 1.29 is 4.79 Å². The zero-order valence-electron chi connectivity index (χ0n) is 5.90. The second-order valence-corrected chi connectivity index (χ2v) is 3.48. The van der Waals surface area contributed by atoms with Gasteiger partial charge in [-0.25, -0.2) is 0 Å². The summed E-state index contributed by atoms with van der Waals surface area (Å²) in [5, 5.41) is 0. The number of carbonyl (C=O) groups is 1. The highest BCUT2D eigenvalue weighted by Crippen LogP contribution is 2.26. The summed E-state index contributed by atoms with van der Waals surface area (Å²) in [6, 6.07) is 0. The lowest BCUT2D eigenvalue weighted by Gasteiger charge is -2.13. The Morgan fingerprint density at radius 1 is 1.30 bits per heavy atom. The van der Waals surface area contributed by atoms with Crippen LogP contribution in [0.1, 0.15) is 32.1 Å². The Labute approximate surface area is 69.6 Å². The van der Waals surface area contributed by atoms with Crippen LogP contribution in [0, 0.1) is 0 Å². The number of rotatable bonds is 1. The molecule has 1 fully saturated rings. The molecule has 0 atom stereocenters. The standard InChI is InChI=1S/C8H11BrO/c9-8(6-10)7-4-2-1-3-5-7/h6H,1-5H2. The minimum Gasteiger partial charge on any atom is -0.297 e. The molecule has 0 unspecified atom stereocenters. The Hall–Kier alpha value is -0.110. The number of allylic oxidation sites excluding steroid dienone is 2. The molecule has 10 heavy (non-hydrogen) atoms. The second kappa shape index (κ2) is 3.91. The number of aldehydes is 1. The van der Waals surface area contributed by atoms with E-state index in [-0.39, 0.29) is 0 Å². The molecule has 0 aliphatic heterocycles. The summed E-state index contributed by atoms with van der Waals surface area (Å²) in [4.78, 5) is 10.3. The van der Waals surface area contributed by atoms with Gasteiger partial charge in [0, 0.05) is 0 Å². The molecule has 0 heterocycles. The predicted molar refractivity (Wildman–Crippen MR) is 45.1 cm³/mol. The largest absolute Gasteiger partial charge is 0.297 e. The fourth-order valence-corrected chi connectivity index (χ4v) is 1.70. The van der Waals surface area contributed by atoms with E-state index < -0.39 is 0 Å². The summed E-state index contributed by atoms with van der Waals surface area (Å²) in [7, 11) is 0. The van der Waals surface area contributed by atoms with E-state index in [9.17, 15) is 4.79 Å². The van der Waals surface area contributed by atoms with E-state index in [4.69, 9.17) is 0 Å². The average Bonchev–Trinajstić information content (AvgIpc) is 2.05. The molecular weight excluding hydrogens is 192 g/mol. The van der Waals surface area contributed by atoms with Crippen molar-refractivity contribution in [1.29, 1.82) is 0 Å². The van der Waals surface area contributed by atoms with Gasteiger partial charge in [0.15, 0.2) is 6.29 Å². The van der Waals surface area contributed by atoms with Crippen LogP contribution in [-0.2, 0) is 4.79 Å². The topological polar surface area (TPSA) is 17.1 Å². The Bertz CT molecular complexity index is 153. The van der Waals surface area contributed by atoms with Gasteiger partial charge in [0.05, 0.1) is 4.48 Å². The highest BCUT2D eigenvalue weighted by molar-refractivity contribution is 9.12. The third kappa shape index (κ3) is 1.94. The molecule has 0 N–H and O–H groups in total. The third-order valence-corrected chi connectivity index (χ3v) is 2.65. The highest BCUT2D eigenvalue weighted by Gasteiger charge is 2.08. The number of hydrogen-bond acceptors (Lipinski definition) is 1. The van der Waals surface area contributed by atoms with Crippen LogP contribution in [-0.4, -0.2) is 6.29 Å². The highest BCUT2D eigenvalue weighted by atomic mass is 79.9. The SMILES string of the molecule is O=CC(Br)=C1CCCCC1. The molecule has 1 saturated carbocycles. The molecule has 0 bridgehead atoms. The van der Waals surface area contributed by atoms with Crippen molar-refractivity contribution in [2.24, 2.45) is 0 Å². The molecule has 0 radical (unpaired) electrons. The molecule has 1 aliphatic rings. The van der Waals surface area contributed by atoms with E-state index in [2.05, 4.69) is 15.9 Å². The second-order valence-electron chi connectivity index (χ2n) is 2.63. The van der Waals surface area contributed by atoms with Gasteiger partial charge >= 0.3 is 0 Å². The van der Waals surface area contributed by atoms with Gasteiger partial charge in [-0.1, -0.05) is 12.0 Å². The molecule has 0 saturated heterocycles. The molecule has 0 amide bonds. The number of halogens is 1. The molecule has 0 aromatic heterocycles. The fourth-order valence-electron chi connectivity index (χ4n) is 1.30. The number of hydrogen-bond donors (Lipinski definition) is 0. The molecule has 0 spiro atoms. The van der Waals surface area contributed by atoms with Crippen LogP contribution in [0.5, 0.6) is 0 Å². The van der Waals surface area contributed by atoms with Crippen LogP contribution in [0.2, 0.25) is 0 Å². The summed E-state index contributed by atoms with van der Waals surface area (Å²) in [6.07, 6.45) is 6.94. The number of carbonyl (C=O) groups excluding carboxylic acids is 1. The monoisotopic (exact) mass is 202 g/mol. The Balaban J connectivity index is 2.59. The van der Waals surface area contributed by atoms with Crippen molar-refractivity contribution in [1.82, 2.24) is 0 Å². The Kier molecular flexibility index (Phi) is 3.13. The quantitative estimate of drug-likeness (QED) is 0.473. The van der Waals surface area contributed by atoms with Gasteiger partial charge < -0.3 is 0 Å². The van der Waals surface area contributed by atoms with Crippen molar-refractivity contribution in [2.75, 3.05) is 0 Å². The zero-order chi connectivity index (χ0) is 7.40. The van der Waals surface area contributed by atoms with E-state index in [1.54, 1.807) is 0 Å². The van der Waals surface area contributed by atoms with Crippen LogP contribution in [0.25, 0.3) is 0 Å². The summed E-state index contributed by atoms with van der Waals surface area (Å²) >= 11 is 3.25. The van der Waals surface area contributed by atoms with Crippen LogP contribution >= 0.6 is 15.9 Å². The lowest BCUT2D eigenvalue weighted by molar-refractivity contribution is -0.104. The van der Waals surface area contributed by atoms with Gasteiger partial charge in [-0.05, 0) is 41.6 Å². The van der Waals surface area contributed by atoms with Gasteiger partial charge in [0.25, 0.3) is 0 Å². The molecule has 1 nitrogen and oxygen atoms in total. The van der Waals surface area contributed by atoms with Crippen LogP contribution in [0.4, 0.5) is 0 Å². The molecule has 0 aromatic rings. The molecule has 2 heteroatoms. The van der Waals surface area contributed by atoms with Crippen molar-refractivity contribution in [2.45, 2.75) is 32.1 Å². The van der Waals surface area contributed by atoms with Crippen LogP contribution in [0.3, 0.4) is 0 Å². The van der Waals surface area contributed by atoms with Crippen molar-refractivity contribution in [3.63, 3.8) is 0 Å². The first-order valence-corrected chi connectivity index (χ1v) is 4.46. The fraction of sp³-hybridized carbons (Fsp3) is 0.625. The summed E-state index contributed by atoms with van der Waals surface area (Å²) in [5.41, 5.74) is 1.31. The van der Waals surface area contributed by atoms with Gasteiger partial charge in [-0.15, -0.1) is 0 Å². The van der Waals surface area contributed by atoms with E-state index in [0.29, 0.717) is 0 Å². The Morgan fingerprint density at radius 3 is 2.40 bits per heavy atom. The van der Waals surface area contributed by atoms with Crippen LogP contribution < -0.4 is 0 Å². The van der Waals surface area contributed by atoms with Gasteiger partial charge in [-0.2, -0.15) is 0 Å². The van der Waals surface area contributed by atoms with Crippen molar-refractivity contribution >= 4 is 22.2 Å². The first-order chi connectivity index (χ1) is 4.84. The minimum atomic E-state index is 0.784. The van der Waals surface area contributed by atoms with E-state index in [1.165, 1.54) is 24.8 Å². The van der Waals surface area contributed by atoms with Crippen molar-refractivity contribution in [3.8, 4) is 0 Å². The van der Waals surface area contributed by atoms with E-state index in [0.717, 1.165) is 23.6 Å². The first-order valence-electron chi connectivity index (χ1n) is 3.67. The van der Waals surface area contributed by atoms with Gasteiger partial charge in [-0.3, -0.25) is 4.79 Å². The molecular formula is C8H11BrO. The molecule has 56 valence electrons. The maximum absolute atomic E-state index is 10.3. The molecule has 1 aliphatic carbocycles.